The third-order valence-electron chi connectivity index (χ3n) is 19.9. The van der Waals surface area contributed by atoms with E-state index in [1.54, 1.807) is 14.1 Å². The maximum Gasteiger partial charge on any atom is 0.205 e. The predicted octanol–water partition coefficient (Wildman–Crippen LogP) is 9.70. The van der Waals surface area contributed by atoms with Crippen LogP contribution in [0.15, 0.2) is 155 Å². The van der Waals surface area contributed by atoms with Gasteiger partial charge < -0.3 is 72.4 Å². The van der Waals surface area contributed by atoms with Gasteiger partial charge in [0, 0.05) is 225 Å². The minimum atomic E-state index is -0.104. The Hall–Kier alpha value is -10.9. The topological polar surface area (TPSA) is 383 Å². The van der Waals surface area contributed by atoms with Crippen LogP contribution in [0.5, 0.6) is 0 Å². The van der Waals surface area contributed by atoms with Crippen molar-refractivity contribution in [2.45, 2.75) is 185 Å². The van der Waals surface area contributed by atoms with Gasteiger partial charge in [0.2, 0.25) is 41.7 Å². The number of thiophene rings is 7. The summed E-state index contributed by atoms with van der Waals surface area (Å²) in [5, 5.41) is 34.5. The summed E-state index contributed by atoms with van der Waals surface area (Å²) in [6, 6.07) is 30.4. The van der Waals surface area contributed by atoms with E-state index in [2.05, 4.69) is 307 Å². The molecule has 7 aromatic heterocycles. The quantitative estimate of drug-likeness (QED) is 0.0318. The van der Waals surface area contributed by atoms with Crippen LogP contribution in [0.4, 0.5) is 0 Å². The van der Waals surface area contributed by atoms with Gasteiger partial charge in [0.25, 0.3) is 0 Å². The first-order chi connectivity index (χ1) is 62.8. The van der Waals surface area contributed by atoms with Gasteiger partial charge in [0.1, 0.15) is 37.0 Å². The molecule has 7 aliphatic rings. The van der Waals surface area contributed by atoms with Gasteiger partial charge in [-0.15, -0.1) is 79.4 Å². The molecule has 35 nitrogen and oxygen atoms in total. The van der Waals surface area contributed by atoms with Crippen molar-refractivity contribution in [3.8, 4) is 0 Å². The number of aliphatic imine (C=N–C) groups is 14. The van der Waals surface area contributed by atoms with Crippen molar-refractivity contribution in [2.75, 3.05) is 137 Å². The highest BCUT2D eigenvalue weighted by atomic mass is 32.1. The molecular formula is C90H145N35S7. The van der Waals surface area contributed by atoms with E-state index in [-0.39, 0.29) is 43.2 Å². The second-order valence-electron chi connectivity index (χ2n) is 32.9. The van der Waals surface area contributed by atoms with E-state index in [4.69, 9.17) is 11.5 Å². The molecule has 0 radical (unpaired) electrons. The highest BCUT2D eigenvalue weighted by Crippen LogP contribution is 2.23. The van der Waals surface area contributed by atoms with E-state index in [1.807, 2.05) is 199 Å². The molecule has 7 aromatic rings. The van der Waals surface area contributed by atoms with Crippen molar-refractivity contribution in [3.63, 3.8) is 0 Å². The van der Waals surface area contributed by atoms with Crippen molar-refractivity contribution >= 4 is 163 Å². The Morgan fingerprint density at radius 1 is 0.303 bits per heavy atom. The second kappa shape index (κ2) is 53.7. The molecule has 0 bridgehead atoms. The largest absolute Gasteiger partial charge is 0.370 e. The molecule has 132 heavy (non-hydrogen) atoms. The van der Waals surface area contributed by atoms with Gasteiger partial charge in [0.05, 0.1) is 6.17 Å². The molecule has 7 unspecified atom stereocenters. The SMILES string of the molecule is CN=C1NC(=NCCc2ccc(C)s2)NC(C)N1.CN=C1NC(N(C)CCc2ccc(C)s2)=NC(C)N1.Cc1ccc(CCN(C)C2=NC(C)N=C(N(C)C)N2)s1.Cc1ccc(CCN(C)C2=NC(C)N=C(N(C)C)N2C)s1.Cc1ccc(CCN(C)C2=NC(C)N=C(N)N2)s1.Cc1ccc(CCN=C2NC(N(C)C)=NC(C)N2)s1.Cc1ccc(CCN=C2NC(N)=NC(C)N2)s1. The van der Waals surface area contributed by atoms with E-state index in [1.165, 1.54) is 68.3 Å². The van der Waals surface area contributed by atoms with Crippen LogP contribution in [-0.2, 0) is 44.9 Å². The van der Waals surface area contributed by atoms with Crippen molar-refractivity contribution < 1.29 is 0 Å². The molecule has 1 fully saturated rings. The Labute approximate surface area is 811 Å². The number of hydrogen-bond acceptors (Lipinski definition) is 33. The fourth-order valence-corrected chi connectivity index (χ4v) is 19.3. The van der Waals surface area contributed by atoms with Gasteiger partial charge in [-0.2, -0.15) is 0 Å². The zero-order chi connectivity index (χ0) is 96.3. The van der Waals surface area contributed by atoms with Crippen LogP contribution in [0.3, 0.4) is 0 Å². The predicted molar refractivity (Wildman–Crippen MR) is 568 cm³/mol. The Bertz CT molecular complexity index is 5200. The lowest BCUT2D eigenvalue weighted by Gasteiger charge is -2.35. The number of hydrogen-bond donors (Lipinski definition) is 13. The molecule has 42 heteroatoms. The molecular weight excluding hydrogens is 1800 g/mol. The zero-order valence-electron chi connectivity index (χ0n) is 82.4. The highest BCUT2D eigenvalue weighted by molar-refractivity contribution is 7.13. The molecule has 7 atom stereocenters. The molecule has 14 heterocycles. The fraction of sp³-hybridized carbons (Fsp3) is 0.533. The average Bonchev–Trinajstić information content (AvgIpc) is 0.863. The lowest BCUT2D eigenvalue weighted by atomic mass is 10.3. The molecule has 0 saturated carbocycles. The Balaban J connectivity index is 0.000000190. The van der Waals surface area contributed by atoms with E-state index in [0.29, 0.717) is 17.9 Å². The minimum Gasteiger partial charge on any atom is -0.370 e. The average molecular weight is 1940 g/mol. The van der Waals surface area contributed by atoms with Crippen molar-refractivity contribution in [2.24, 2.45) is 81.4 Å². The normalized spacial score (nSPS) is 20.3. The maximum absolute atomic E-state index is 5.70. The first kappa shape index (κ1) is 106. The smallest absolute Gasteiger partial charge is 0.205 e. The fourth-order valence-electron chi connectivity index (χ4n) is 13.2. The lowest BCUT2D eigenvalue weighted by molar-refractivity contribution is 0.412. The van der Waals surface area contributed by atoms with Crippen LogP contribution in [0.1, 0.15) is 117 Å². The molecule has 722 valence electrons. The summed E-state index contributed by atoms with van der Waals surface area (Å²) >= 11 is 12.9. The summed E-state index contributed by atoms with van der Waals surface area (Å²) in [6.45, 7) is 34.9. The highest BCUT2D eigenvalue weighted by Gasteiger charge is 2.26. The number of rotatable bonds is 21. The van der Waals surface area contributed by atoms with E-state index >= 15 is 0 Å². The molecule has 7 aliphatic heterocycles. The molecule has 0 spiro atoms. The van der Waals surface area contributed by atoms with Gasteiger partial charge in [-0.25, -0.2) is 44.9 Å². The summed E-state index contributed by atoms with van der Waals surface area (Å²) in [6.07, 6.45) is 7.13. The van der Waals surface area contributed by atoms with Crippen LogP contribution in [0.2, 0.25) is 0 Å². The standard InChI is InChI=1S/C15H25N5S.C14H23N5S.2C13H21N5S.2C12H19N5S.C11H17N5S/c1-11-7-8-13(21-11)9-10-19(5)15-17-12(2)16-14(18(3)4)20(15)6;1-10-6-7-12(20-10)8-9-19(5)14-16-11(2)15-13(17-14)18(3)4;1-9-5-6-11(19-9)7-8-14-12-15-10(2)16-13(17-12)18(3)4;1-9-5-6-11(19-9)7-8-18(4)13-16-10(2)15-12(14-3)17-13;1-8-4-5-10(18-8)6-7-17(3)12-15-9(2)14-11(13)16-12;1-8-4-5-10(18-8)6-7-14-12-16-9(2)15-11(13-3)17-12;1-7-3-4-9(17-7)5-6-13-11-15-8(2)14-10(12)16-11/h7-8,12H,9-10H2,1-6H3;6-7,11H,8-9H2,1-5H3,(H,15,16,17);2*5-6,10H,7-8H2,1-4H3,(H2,14,15,16,17);4-5,9H,6-7H2,1-3H3,(H3,13,14,15,16);4-5,9H,6-7H2,1-3H3,(H3,13,14,15,16,17);3-4,8H,5-6H2,1-2H3,(H4,12,13,14,15,16). The van der Waals surface area contributed by atoms with Crippen molar-refractivity contribution in [1.82, 2.24) is 97.7 Å². The van der Waals surface area contributed by atoms with Crippen LogP contribution in [-0.4, -0.2) is 303 Å². The summed E-state index contributed by atoms with van der Waals surface area (Å²) in [5.74, 6) is 10.9. The first-order valence-corrected chi connectivity index (χ1v) is 50.2. The Morgan fingerprint density at radius 3 is 0.962 bits per heavy atom. The number of nitrogens with one attached hydrogen (secondary N) is 11. The first-order valence-electron chi connectivity index (χ1n) is 44.5. The Morgan fingerprint density at radius 2 is 0.591 bits per heavy atom. The number of likely N-dealkylation sites (N-methyl/N-ethyl adjacent to an activating group) is 4. The maximum atomic E-state index is 5.70. The molecule has 1 saturated heterocycles. The summed E-state index contributed by atoms with van der Waals surface area (Å²) in [4.78, 5) is 97.5. The number of nitrogens with two attached hydrogens (primary N) is 2. The van der Waals surface area contributed by atoms with Crippen LogP contribution in [0, 0.1) is 48.5 Å². The van der Waals surface area contributed by atoms with Gasteiger partial charge in [-0.1, -0.05) is 0 Å². The van der Waals surface area contributed by atoms with E-state index < -0.39 is 0 Å². The molecule has 0 aliphatic carbocycles. The van der Waals surface area contributed by atoms with Gasteiger partial charge in [-0.05, 0) is 208 Å². The lowest BCUT2D eigenvalue weighted by Crippen LogP contribution is -2.61. The third-order valence-corrected chi connectivity index (χ3v) is 27.3. The van der Waals surface area contributed by atoms with Gasteiger partial charge in [0.15, 0.2) is 41.7 Å². The van der Waals surface area contributed by atoms with Crippen LogP contribution >= 0.6 is 79.4 Å². The summed E-state index contributed by atoms with van der Waals surface area (Å²) < 4.78 is 0. The third kappa shape index (κ3) is 37.6. The zero-order valence-corrected chi connectivity index (χ0v) is 88.1. The number of nitrogens with zero attached hydrogens (tertiary/aromatic N) is 22. The molecule has 14 rings (SSSR count). The second-order valence-corrected chi connectivity index (χ2v) is 42.5. The molecule has 15 N–H and O–H groups in total. The van der Waals surface area contributed by atoms with E-state index in [0.717, 1.165) is 156 Å². The number of guanidine groups is 14. The minimum absolute atomic E-state index is 0.0148. The van der Waals surface area contributed by atoms with Crippen LogP contribution in [0.25, 0.3) is 0 Å². The number of aryl methyl sites for hydroxylation is 7. The van der Waals surface area contributed by atoms with Crippen molar-refractivity contribution in [3.05, 3.63) is 153 Å². The summed E-state index contributed by atoms with van der Waals surface area (Å²) in [7, 11) is 25.7. The molecule has 0 amide bonds. The van der Waals surface area contributed by atoms with Crippen LogP contribution < -0.4 is 70.0 Å². The van der Waals surface area contributed by atoms with Gasteiger partial charge >= 0.3 is 0 Å². The molecule has 0 aromatic carbocycles. The van der Waals surface area contributed by atoms with Crippen molar-refractivity contribution in [1.29, 1.82) is 0 Å². The Kier molecular flexibility index (Phi) is 43.3. The monoisotopic (exact) mass is 1940 g/mol. The van der Waals surface area contributed by atoms with Gasteiger partial charge in [-0.3, -0.25) is 61.8 Å². The van der Waals surface area contributed by atoms with E-state index in [9.17, 15) is 0 Å². The summed E-state index contributed by atoms with van der Waals surface area (Å²) in [5.41, 5.74) is 11.3.